The van der Waals surface area contributed by atoms with Gasteiger partial charge in [-0.3, -0.25) is 24.5 Å². The van der Waals surface area contributed by atoms with Gasteiger partial charge < -0.3 is 20.1 Å². The molecular weight excluding hydrogens is 358 g/mol. The average Bonchev–Trinajstić information content (AvgIpc) is 3.18. The summed E-state index contributed by atoms with van der Waals surface area (Å²) in [5, 5.41) is 15.7. The first-order valence-corrected chi connectivity index (χ1v) is 8.52. The van der Waals surface area contributed by atoms with Gasteiger partial charge in [0.05, 0.1) is 17.4 Å². The topological polar surface area (TPSA) is 137 Å². The predicted molar refractivity (Wildman–Crippen MR) is 93.0 cm³/mol. The van der Waals surface area contributed by atoms with Gasteiger partial charge in [-0.05, 0) is 25.0 Å². The molecule has 2 amide bonds. The molecule has 0 aliphatic carbocycles. The highest BCUT2D eigenvalue weighted by Gasteiger charge is 2.16. The Morgan fingerprint density at radius 3 is 2.59 bits per heavy atom. The summed E-state index contributed by atoms with van der Waals surface area (Å²) >= 11 is 0. The van der Waals surface area contributed by atoms with Gasteiger partial charge in [0, 0.05) is 37.4 Å². The number of esters is 1. The highest BCUT2D eigenvalue weighted by atomic mass is 16.6. The molecule has 146 valence electrons. The van der Waals surface area contributed by atoms with E-state index in [1.807, 2.05) is 0 Å². The zero-order valence-corrected chi connectivity index (χ0v) is 14.6. The Hall–Kier alpha value is -3.01. The van der Waals surface area contributed by atoms with Crippen molar-refractivity contribution in [3.63, 3.8) is 0 Å². The highest BCUT2D eigenvalue weighted by Crippen LogP contribution is 2.12. The number of nitrogens with zero attached hydrogens (tertiary/aromatic N) is 1. The van der Waals surface area contributed by atoms with Gasteiger partial charge >= 0.3 is 5.97 Å². The Bertz CT molecular complexity index is 684. The minimum Gasteiger partial charge on any atom is -0.456 e. The molecule has 10 nitrogen and oxygen atoms in total. The molecule has 0 saturated carbocycles. The van der Waals surface area contributed by atoms with E-state index in [9.17, 15) is 24.5 Å². The van der Waals surface area contributed by atoms with Crippen LogP contribution in [0.25, 0.3) is 0 Å². The number of nitrogens with one attached hydrogen (secondary N) is 2. The van der Waals surface area contributed by atoms with Crippen molar-refractivity contribution in [2.45, 2.75) is 25.4 Å². The van der Waals surface area contributed by atoms with Crippen LogP contribution in [0.2, 0.25) is 0 Å². The number of hydrogen-bond acceptors (Lipinski definition) is 7. The molecule has 1 fully saturated rings. The van der Waals surface area contributed by atoms with E-state index in [1.165, 1.54) is 24.3 Å². The second kappa shape index (κ2) is 10.2. The fourth-order valence-electron chi connectivity index (χ4n) is 2.42. The molecule has 0 bridgehead atoms. The molecule has 10 heteroatoms. The van der Waals surface area contributed by atoms with Crippen LogP contribution < -0.4 is 10.6 Å². The molecule has 1 heterocycles. The predicted octanol–water partition coefficient (Wildman–Crippen LogP) is 0.553. The highest BCUT2D eigenvalue weighted by molar-refractivity contribution is 5.94. The summed E-state index contributed by atoms with van der Waals surface area (Å²) in [6.45, 7) is 0.719. The van der Waals surface area contributed by atoms with Crippen molar-refractivity contribution in [1.82, 2.24) is 10.6 Å². The zero-order valence-electron chi connectivity index (χ0n) is 14.6. The van der Waals surface area contributed by atoms with Crippen LogP contribution in [0.3, 0.4) is 0 Å². The Balaban J connectivity index is 1.59. The van der Waals surface area contributed by atoms with Crippen molar-refractivity contribution < 1.29 is 28.8 Å². The molecule has 0 radical (unpaired) electrons. The molecule has 27 heavy (non-hydrogen) atoms. The third-order valence-corrected chi connectivity index (χ3v) is 3.87. The third-order valence-electron chi connectivity index (χ3n) is 3.87. The number of amides is 2. The van der Waals surface area contributed by atoms with E-state index < -0.39 is 22.7 Å². The van der Waals surface area contributed by atoms with Gasteiger partial charge in [-0.2, -0.15) is 0 Å². The number of non-ortho nitro benzene ring substituents is 1. The fourth-order valence-corrected chi connectivity index (χ4v) is 2.42. The Morgan fingerprint density at radius 1 is 1.22 bits per heavy atom. The lowest BCUT2D eigenvalue weighted by molar-refractivity contribution is -0.384. The van der Waals surface area contributed by atoms with Gasteiger partial charge in [-0.15, -0.1) is 0 Å². The summed E-state index contributed by atoms with van der Waals surface area (Å²) in [6.07, 6.45) is 1.78. The SMILES string of the molecule is O=C(COC(=O)CCNC(=O)c1ccc([N+](=O)[O-])cc1)NC[C@@H]1CCCO1. The standard InChI is InChI=1S/C17H21N3O7/c21-15(19-10-14-2-1-9-26-14)11-27-16(22)7-8-18-17(23)12-3-5-13(6-4-12)20(24)25/h3-6,14H,1-2,7-11H2,(H,18,23)(H,19,21)/t14-/m0/s1. The third kappa shape index (κ3) is 7.02. The minimum atomic E-state index is -0.619. The lowest BCUT2D eigenvalue weighted by atomic mass is 10.2. The van der Waals surface area contributed by atoms with Crippen molar-refractivity contribution in [2.75, 3.05) is 26.3 Å². The maximum Gasteiger partial charge on any atom is 0.308 e. The smallest absolute Gasteiger partial charge is 0.308 e. The average molecular weight is 379 g/mol. The summed E-state index contributed by atoms with van der Waals surface area (Å²) in [5.41, 5.74) is 0.121. The Kier molecular flexibility index (Phi) is 7.68. The first-order chi connectivity index (χ1) is 13.0. The maximum absolute atomic E-state index is 11.9. The van der Waals surface area contributed by atoms with Crippen molar-refractivity contribution in [2.24, 2.45) is 0 Å². The molecule has 1 atom stereocenters. The lowest BCUT2D eigenvalue weighted by Crippen LogP contribution is -2.35. The van der Waals surface area contributed by atoms with Gasteiger partial charge in [0.25, 0.3) is 17.5 Å². The molecule has 1 aromatic carbocycles. The van der Waals surface area contributed by atoms with Crippen LogP contribution in [0.4, 0.5) is 5.69 Å². The van der Waals surface area contributed by atoms with Gasteiger partial charge in [0.1, 0.15) is 0 Å². The Morgan fingerprint density at radius 2 is 1.96 bits per heavy atom. The molecule has 0 unspecified atom stereocenters. The van der Waals surface area contributed by atoms with Gasteiger partial charge in [0.2, 0.25) is 0 Å². The number of carbonyl (C=O) groups excluding carboxylic acids is 3. The molecule has 1 aromatic rings. The van der Waals surface area contributed by atoms with Crippen molar-refractivity contribution in [3.05, 3.63) is 39.9 Å². The number of benzene rings is 1. The number of nitro groups is 1. The van der Waals surface area contributed by atoms with Crippen LogP contribution in [0.5, 0.6) is 0 Å². The number of ether oxygens (including phenoxy) is 2. The first-order valence-electron chi connectivity index (χ1n) is 8.52. The largest absolute Gasteiger partial charge is 0.456 e. The van der Waals surface area contributed by atoms with E-state index >= 15 is 0 Å². The molecule has 0 spiro atoms. The van der Waals surface area contributed by atoms with E-state index in [0.717, 1.165) is 12.8 Å². The quantitative estimate of drug-likeness (QED) is 0.363. The minimum absolute atomic E-state index is 0.0132. The lowest BCUT2D eigenvalue weighted by Gasteiger charge is -2.11. The van der Waals surface area contributed by atoms with E-state index in [4.69, 9.17) is 9.47 Å². The first kappa shape index (κ1) is 20.3. The fraction of sp³-hybridized carbons (Fsp3) is 0.471. The van der Waals surface area contributed by atoms with Crippen LogP contribution in [-0.4, -0.2) is 55.1 Å². The molecule has 2 rings (SSSR count). The normalized spacial score (nSPS) is 15.8. The van der Waals surface area contributed by atoms with Gasteiger partial charge in [0.15, 0.2) is 6.61 Å². The number of hydrogen-bond donors (Lipinski definition) is 2. The van der Waals surface area contributed by atoms with Crippen molar-refractivity contribution in [1.29, 1.82) is 0 Å². The number of rotatable bonds is 9. The second-order valence-electron chi connectivity index (χ2n) is 5.91. The summed E-state index contributed by atoms with van der Waals surface area (Å²) in [5.74, 6) is -1.49. The molecule has 1 saturated heterocycles. The maximum atomic E-state index is 11.9. The van der Waals surface area contributed by atoms with Crippen molar-refractivity contribution in [3.8, 4) is 0 Å². The summed E-state index contributed by atoms with van der Waals surface area (Å²) < 4.78 is 10.2. The van der Waals surface area contributed by atoms with Crippen LogP contribution in [-0.2, 0) is 19.1 Å². The van der Waals surface area contributed by atoms with E-state index in [-0.39, 0.29) is 36.9 Å². The van der Waals surface area contributed by atoms with Crippen molar-refractivity contribution >= 4 is 23.5 Å². The molecule has 2 N–H and O–H groups in total. The molecule has 1 aliphatic rings. The van der Waals surface area contributed by atoms with E-state index in [2.05, 4.69) is 10.6 Å². The van der Waals surface area contributed by atoms with E-state index in [1.54, 1.807) is 0 Å². The van der Waals surface area contributed by atoms with E-state index in [0.29, 0.717) is 13.2 Å². The van der Waals surface area contributed by atoms with Crippen LogP contribution in [0.1, 0.15) is 29.6 Å². The van der Waals surface area contributed by atoms with Crippen LogP contribution in [0.15, 0.2) is 24.3 Å². The Labute approximate surface area is 155 Å². The molecule has 0 aromatic heterocycles. The second-order valence-corrected chi connectivity index (χ2v) is 5.91. The summed E-state index contributed by atoms with van der Waals surface area (Å²) in [7, 11) is 0. The monoisotopic (exact) mass is 379 g/mol. The molecule has 1 aliphatic heterocycles. The summed E-state index contributed by atoms with van der Waals surface area (Å²) in [4.78, 5) is 45.1. The van der Waals surface area contributed by atoms with Gasteiger partial charge in [-0.1, -0.05) is 0 Å². The van der Waals surface area contributed by atoms with Crippen LogP contribution >= 0.6 is 0 Å². The summed E-state index contributed by atoms with van der Waals surface area (Å²) in [6, 6.07) is 5.09. The zero-order chi connectivity index (χ0) is 19.6. The van der Waals surface area contributed by atoms with Gasteiger partial charge in [-0.25, -0.2) is 0 Å². The number of nitro benzene ring substituents is 1. The molecular formula is C17H21N3O7. The van der Waals surface area contributed by atoms with Crippen LogP contribution in [0, 0.1) is 10.1 Å². The number of carbonyl (C=O) groups is 3.